The van der Waals surface area contributed by atoms with Crippen LogP contribution in [0.2, 0.25) is 0 Å². The maximum absolute atomic E-state index is 11.7. The first-order chi connectivity index (χ1) is 10.7. The third-order valence-corrected chi connectivity index (χ3v) is 4.91. The minimum absolute atomic E-state index is 0.0921. The van der Waals surface area contributed by atoms with Gasteiger partial charge in [0.15, 0.2) is 0 Å². The number of hydrogen-bond acceptors (Lipinski definition) is 6. The van der Waals surface area contributed by atoms with E-state index < -0.39 is 48.0 Å². The molecule has 2 saturated heterocycles. The Morgan fingerprint density at radius 3 is 2.61 bits per heavy atom. The van der Waals surface area contributed by atoms with Gasteiger partial charge in [-0.1, -0.05) is 26.0 Å². The van der Waals surface area contributed by atoms with Gasteiger partial charge >= 0.3 is 5.97 Å². The molecular formula is C17H28O6. The fraction of sp³-hybridized carbons (Fsp3) is 0.824. The van der Waals surface area contributed by atoms with E-state index in [0.717, 1.165) is 0 Å². The van der Waals surface area contributed by atoms with E-state index in [-0.39, 0.29) is 5.92 Å². The summed E-state index contributed by atoms with van der Waals surface area (Å²) in [6.07, 6.45) is 0.760. The van der Waals surface area contributed by atoms with E-state index in [4.69, 9.17) is 9.47 Å². The number of cyclic esters (lactones) is 1. The van der Waals surface area contributed by atoms with Crippen molar-refractivity contribution in [2.45, 2.75) is 76.7 Å². The number of carbonyl (C=O) groups is 1. The number of carbonyl (C=O) groups excluding carboxylic acids is 1. The summed E-state index contributed by atoms with van der Waals surface area (Å²) in [6, 6.07) is 0. The average Bonchev–Trinajstić information content (AvgIpc) is 2.75. The van der Waals surface area contributed by atoms with E-state index in [0.29, 0.717) is 12.8 Å². The zero-order valence-electron chi connectivity index (χ0n) is 14.2. The molecule has 2 fully saturated rings. The maximum atomic E-state index is 11.7. The summed E-state index contributed by atoms with van der Waals surface area (Å²) in [6.45, 7) is 7.41. The van der Waals surface area contributed by atoms with Crippen molar-refractivity contribution in [3.05, 3.63) is 12.2 Å². The number of rotatable bonds is 5. The molecule has 132 valence electrons. The number of aliphatic hydroxyl groups is 3. The van der Waals surface area contributed by atoms with Gasteiger partial charge in [0.05, 0.1) is 11.7 Å². The number of fused-ring (bicyclic) bond motifs is 1. The van der Waals surface area contributed by atoms with E-state index in [1.54, 1.807) is 19.9 Å². The zero-order valence-corrected chi connectivity index (χ0v) is 14.2. The van der Waals surface area contributed by atoms with E-state index in [1.165, 1.54) is 0 Å². The summed E-state index contributed by atoms with van der Waals surface area (Å²) in [5.74, 6) is -1.26. The van der Waals surface area contributed by atoms with Crippen molar-refractivity contribution >= 4 is 5.97 Å². The second kappa shape index (κ2) is 6.89. The highest BCUT2D eigenvalue weighted by Crippen LogP contribution is 2.35. The van der Waals surface area contributed by atoms with Crippen molar-refractivity contribution in [1.29, 1.82) is 0 Å². The van der Waals surface area contributed by atoms with Crippen LogP contribution in [0.5, 0.6) is 0 Å². The lowest BCUT2D eigenvalue weighted by atomic mass is 9.85. The summed E-state index contributed by atoms with van der Waals surface area (Å²) >= 11 is 0. The minimum atomic E-state index is -1.20. The monoisotopic (exact) mass is 328 g/mol. The zero-order chi connectivity index (χ0) is 17.4. The van der Waals surface area contributed by atoms with Crippen LogP contribution in [0.4, 0.5) is 0 Å². The van der Waals surface area contributed by atoms with Crippen molar-refractivity contribution < 1.29 is 29.6 Å². The lowest BCUT2D eigenvalue weighted by Gasteiger charge is -2.37. The summed E-state index contributed by atoms with van der Waals surface area (Å²) in [7, 11) is 0. The van der Waals surface area contributed by atoms with Crippen molar-refractivity contribution in [2.24, 2.45) is 11.8 Å². The Kier molecular flexibility index (Phi) is 5.51. The third kappa shape index (κ3) is 3.94. The molecule has 0 radical (unpaired) electrons. The molecule has 0 aromatic heterocycles. The number of hydrogen-bond donors (Lipinski definition) is 3. The standard InChI is InChI=1S/C17H28O6/c1-5-17(4,21)8-9(2)6-7-11-13(18)14(19)12-15(23-11)10(3)22-16(12)20/h6-7,9-15,18-19,21H,5,8H2,1-4H3/b7-6-/t9-,10-,11-,12+,13-,14-,15+,17-/m0/s1. The molecule has 0 aromatic rings. The molecule has 0 spiro atoms. The Balaban J connectivity index is 2.03. The third-order valence-electron chi connectivity index (χ3n) is 4.91. The van der Waals surface area contributed by atoms with Crippen molar-refractivity contribution in [1.82, 2.24) is 0 Å². The van der Waals surface area contributed by atoms with Gasteiger partial charge in [0.1, 0.15) is 30.3 Å². The van der Waals surface area contributed by atoms with Crippen LogP contribution in [0, 0.1) is 11.8 Å². The van der Waals surface area contributed by atoms with E-state index in [2.05, 4.69) is 0 Å². The van der Waals surface area contributed by atoms with Gasteiger partial charge in [-0.05, 0) is 32.6 Å². The van der Waals surface area contributed by atoms with Crippen molar-refractivity contribution in [2.75, 3.05) is 0 Å². The van der Waals surface area contributed by atoms with Gasteiger partial charge < -0.3 is 24.8 Å². The Bertz CT molecular complexity index is 460. The molecule has 8 atom stereocenters. The fourth-order valence-electron chi connectivity index (χ4n) is 3.32. The molecule has 0 amide bonds. The molecule has 2 aliphatic rings. The van der Waals surface area contributed by atoms with Crippen LogP contribution in [-0.4, -0.2) is 57.4 Å². The fourth-order valence-corrected chi connectivity index (χ4v) is 3.32. The first-order valence-corrected chi connectivity index (χ1v) is 8.29. The molecule has 0 bridgehead atoms. The largest absolute Gasteiger partial charge is 0.460 e. The van der Waals surface area contributed by atoms with Gasteiger partial charge in [0.2, 0.25) is 0 Å². The Hall–Kier alpha value is -0.950. The van der Waals surface area contributed by atoms with Crippen LogP contribution in [-0.2, 0) is 14.3 Å². The number of esters is 1. The molecule has 3 N–H and O–H groups in total. The Labute approximate surface area is 137 Å². The Morgan fingerprint density at radius 2 is 2.00 bits per heavy atom. The lowest BCUT2D eigenvalue weighted by Crippen LogP contribution is -2.55. The molecule has 23 heavy (non-hydrogen) atoms. The first-order valence-electron chi connectivity index (χ1n) is 8.29. The highest BCUT2D eigenvalue weighted by atomic mass is 16.6. The molecule has 6 nitrogen and oxygen atoms in total. The first kappa shape index (κ1) is 18.4. The molecule has 0 aliphatic carbocycles. The normalized spacial score (nSPS) is 41.4. The molecule has 0 aromatic carbocycles. The van der Waals surface area contributed by atoms with E-state index >= 15 is 0 Å². The SMILES string of the molecule is CC[C@](C)(O)C[C@@H](C)/C=C\[C@@H]1O[C@H]2[C@H](C(=O)O[C@H]2C)[C@H](O)[C@H]1O. The topological polar surface area (TPSA) is 96.2 Å². The average molecular weight is 328 g/mol. The molecule has 6 heteroatoms. The summed E-state index contributed by atoms with van der Waals surface area (Å²) < 4.78 is 10.9. The minimum Gasteiger partial charge on any atom is -0.460 e. The van der Waals surface area contributed by atoms with Crippen LogP contribution in [0.1, 0.15) is 40.5 Å². The maximum Gasteiger partial charge on any atom is 0.314 e. The van der Waals surface area contributed by atoms with E-state index in [9.17, 15) is 20.1 Å². The van der Waals surface area contributed by atoms with Crippen molar-refractivity contribution in [3.8, 4) is 0 Å². The summed E-state index contributed by atoms with van der Waals surface area (Å²) in [4.78, 5) is 11.7. The quantitative estimate of drug-likeness (QED) is 0.510. The molecule has 2 heterocycles. The van der Waals surface area contributed by atoms with Gasteiger partial charge in [-0.15, -0.1) is 0 Å². The van der Waals surface area contributed by atoms with Gasteiger partial charge in [0, 0.05) is 0 Å². The smallest absolute Gasteiger partial charge is 0.314 e. The van der Waals surface area contributed by atoms with Crippen LogP contribution >= 0.6 is 0 Å². The number of ether oxygens (including phenoxy) is 2. The van der Waals surface area contributed by atoms with Crippen LogP contribution in [0.15, 0.2) is 12.2 Å². The van der Waals surface area contributed by atoms with Gasteiger partial charge in [0.25, 0.3) is 0 Å². The summed E-state index contributed by atoms with van der Waals surface area (Å²) in [5, 5.41) is 30.5. The van der Waals surface area contributed by atoms with E-state index in [1.807, 2.05) is 19.9 Å². The number of allylic oxidation sites excluding steroid dienone is 1. The highest BCUT2D eigenvalue weighted by Gasteiger charge is 2.54. The molecule has 2 rings (SSSR count). The second-order valence-corrected chi connectivity index (χ2v) is 7.13. The predicted molar refractivity (Wildman–Crippen MR) is 83.6 cm³/mol. The highest BCUT2D eigenvalue weighted by molar-refractivity contribution is 5.76. The van der Waals surface area contributed by atoms with Crippen LogP contribution < -0.4 is 0 Å². The number of aliphatic hydroxyl groups excluding tert-OH is 2. The molecular weight excluding hydrogens is 300 g/mol. The molecule has 2 aliphatic heterocycles. The van der Waals surface area contributed by atoms with Crippen molar-refractivity contribution in [3.63, 3.8) is 0 Å². The second-order valence-electron chi connectivity index (χ2n) is 7.13. The Morgan fingerprint density at radius 1 is 1.35 bits per heavy atom. The van der Waals surface area contributed by atoms with Gasteiger partial charge in [-0.25, -0.2) is 0 Å². The van der Waals surface area contributed by atoms with Gasteiger partial charge in [-0.2, -0.15) is 0 Å². The molecule has 0 unspecified atom stereocenters. The van der Waals surface area contributed by atoms with Crippen LogP contribution in [0.25, 0.3) is 0 Å². The lowest BCUT2D eigenvalue weighted by molar-refractivity contribution is -0.180. The molecule has 0 saturated carbocycles. The predicted octanol–water partition coefficient (Wildman–Crippen LogP) is 0.780. The van der Waals surface area contributed by atoms with Crippen LogP contribution in [0.3, 0.4) is 0 Å². The summed E-state index contributed by atoms with van der Waals surface area (Å²) in [5.41, 5.74) is -0.735. The van der Waals surface area contributed by atoms with Gasteiger partial charge in [-0.3, -0.25) is 4.79 Å².